The lowest BCUT2D eigenvalue weighted by molar-refractivity contribution is 0.0696. The zero-order valence-electron chi connectivity index (χ0n) is 22.6. The Balaban J connectivity index is 0.000000240. The van der Waals surface area contributed by atoms with Gasteiger partial charge in [-0.1, -0.05) is 105 Å². The Labute approximate surface area is 290 Å². The molecule has 0 aliphatic heterocycles. The summed E-state index contributed by atoms with van der Waals surface area (Å²) < 4.78 is 0. The van der Waals surface area contributed by atoms with Crippen LogP contribution in [0.2, 0.25) is 30.4 Å². The molecule has 0 saturated carbocycles. The topological polar surface area (TPSA) is 156 Å². The number of carboxylic acid groups (broad SMARTS) is 1. The Morgan fingerprint density at radius 2 is 1.14 bits per heavy atom. The molecular formula is C26H21Cl6N7O3S2. The highest BCUT2D eigenvalue weighted by atomic mass is 35.5. The van der Waals surface area contributed by atoms with E-state index in [1.165, 1.54) is 23.5 Å². The smallest absolute Gasteiger partial charge is 0.342 e. The van der Waals surface area contributed by atoms with Gasteiger partial charge in [-0.2, -0.15) is 0 Å². The fourth-order valence-electron chi connectivity index (χ4n) is 3.36. The molecule has 0 aliphatic carbocycles. The number of amides is 1. The van der Waals surface area contributed by atoms with Gasteiger partial charge in [0.15, 0.2) is 10.3 Å². The van der Waals surface area contributed by atoms with Crippen LogP contribution < -0.4 is 16.4 Å². The first-order valence-electron chi connectivity index (χ1n) is 12.0. The van der Waals surface area contributed by atoms with Crippen LogP contribution >= 0.6 is 93.1 Å². The molecule has 2 aromatic heterocycles. The highest BCUT2D eigenvalue weighted by Crippen LogP contribution is 2.28. The number of hydrogen-bond acceptors (Lipinski definition) is 10. The van der Waals surface area contributed by atoms with E-state index in [4.69, 9.17) is 75.3 Å². The Hall–Kier alpha value is -2.42. The van der Waals surface area contributed by atoms with E-state index in [9.17, 15) is 14.7 Å². The van der Waals surface area contributed by atoms with Crippen molar-refractivity contribution >= 4 is 117 Å². The first kappa shape index (κ1) is 36.1. The van der Waals surface area contributed by atoms with E-state index < -0.39 is 11.9 Å². The van der Waals surface area contributed by atoms with Gasteiger partial charge in [0, 0.05) is 33.2 Å². The summed E-state index contributed by atoms with van der Waals surface area (Å²) in [5.74, 6) is -1.50. The number of nitrogens with two attached hydrogens (primary N) is 1. The number of benzene rings is 2. The Morgan fingerprint density at radius 1 is 0.727 bits per heavy atom. The quantitative estimate of drug-likeness (QED) is 0.0701. The van der Waals surface area contributed by atoms with E-state index in [0.717, 1.165) is 11.1 Å². The Morgan fingerprint density at radius 3 is 1.50 bits per heavy atom. The summed E-state index contributed by atoms with van der Waals surface area (Å²) in [4.78, 5) is 39.1. The van der Waals surface area contributed by atoms with Crippen LogP contribution in [0, 0.1) is 0 Å². The first-order valence-corrected chi connectivity index (χ1v) is 16.7. The van der Waals surface area contributed by atoms with Crippen LogP contribution in [0.4, 0.5) is 11.6 Å². The van der Waals surface area contributed by atoms with Crippen molar-refractivity contribution in [2.75, 3.05) is 23.1 Å². The van der Waals surface area contributed by atoms with Crippen molar-refractivity contribution in [2.45, 2.75) is 23.4 Å². The molecule has 0 aliphatic rings. The standard InChI is InChI=1S/C13H11Cl3N4OS.C13H10Cl3N3O2S/c1-22-13-19-10(16)9(11(17)21)12(20-13)18-5-6-2-3-7(14)4-8(6)15;1-22-13-18-10(16)9(12(20)21)11(19-13)17-5-6-2-3-7(14)4-8(6)15/h2-4H,5H2,1H3,(H2,17,21)(H,18,19,20);2-4H,5H2,1H3,(H,20,21)(H,17,18,19). The molecule has 10 nitrogen and oxygen atoms in total. The van der Waals surface area contributed by atoms with Gasteiger partial charge in [-0.3, -0.25) is 4.79 Å². The number of nitrogens with one attached hydrogen (secondary N) is 2. The van der Waals surface area contributed by atoms with Crippen molar-refractivity contribution in [1.82, 2.24) is 19.9 Å². The van der Waals surface area contributed by atoms with E-state index in [1.807, 2.05) is 0 Å². The molecule has 232 valence electrons. The fraction of sp³-hybridized carbons (Fsp3) is 0.154. The normalized spacial score (nSPS) is 10.5. The molecule has 18 heteroatoms. The number of nitrogens with zero attached hydrogens (tertiary/aromatic N) is 4. The molecule has 1 amide bonds. The molecule has 4 aromatic rings. The number of primary amides is 1. The predicted molar refractivity (Wildman–Crippen MR) is 181 cm³/mol. The highest BCUT2D eigenvalue weighted by Gasteiger charge is 2.20. The van der Waals surface area contributed by atoms with Gasteiger partial charge in [0.25, 0.3) is 5.91 Å². The third-order valence-corrected chi connectivity index (χ3v) is 8.25. The van der Waals surface area contributed by atoms with E-state index in [0.29, 0.717) is 36.9 Å². The van der Waals surface area contributed by atoms with Crippen molar-refractivity contribution in [1.29, 1.82) is 0 Å². The summed E-state index contributed by atoms with van der Waals surface area (Å²) in [7, 11) is 0. The maximum absolute atomic E-state index is 11.5. The van der Waals surface area contributed by atoms with Crippen LogP contribution in [0.1, 0.15) is 31.8 Å². The minimum atomic E-state index is -1.21. The number of aromatic nitrogens is 4. The molecule has 5 N–H and O–H groups in total. The van der Waals surface area contributed by atoms with Gasteiger partial charge in [-0.15, -0.1) is 0 Å². The number of thioether (sulfide) groups is 2. The molecule has 0 atom stereocenters. The fourth-order valence-corrected chi connectivity index (χ4v) is 5.66. The molecule has 0 saturated heterocycles. The van der Waals surface area contributed by atoms with Crippen LogP contribution in [0.15, 0.2) is 46.7 Å². The molecule has 2 heterocycles. The molecule has 44 heavy (non-hydrogen) atoms. The largest absolute Gasteiger partial charge is 0.477 e. The molecule has 0 unspecified atom stereocenters. The van der Waals surface area contributed by atoms with Gasteiger partial charge < -0.3 is 21.5 Å². The predicted octanol–water partition coefficient (Wildman–Crippen LogP) is 8.34. The molecule has 0 fully saturated rings. The number of hydrogen-bond donors (Lipinski definition) is 4. The van der Waals surface area contributed by atoms with Gasteiger partial charge in [0.05, 0.1) is 0 Å². The second-order valence-electron chi connectivity index (χ2n) is 8.30. The van der Waals surface area contributed by atoms with E-state index in [-0.39, 0.29) is 39.6 Å². The lowest BCUT2D eigenvalue weighted by atomic mass is 10.2. The van der Waals surface area contributed by atoms with Crippen molar-refractivity contribution in [3.8, 4) is 0 Å². The van der Waals surface area contributed by atoms with Gasteiger partial charge in [0.1, 0.15) is 33.1 Å². The molecule has 0 bridgehead atoms. The monoisotopic (exact) mass is 753 g/mol. The zero-order chi connectivity index (χ0) is 32.6. The van der Waals surface area contributed by atoms with Gasteiger partial charge in [-0.25, -0.2) is 24.7 Å². The molecular weight excluding hydrogens is 735 g/mol. The number of aromatic carboxylic acids is 1. The first-order chi connectivity index (χ1) is 20.8. The minimum absolute atomic E-state index is 0.0107. The van der Waals surface area contributed by atoms with Crippen LogP contribution in [-0.4, -0.2) is 49.4 Å². The molecule has 0 spiro atoms. The average molecular weight is 756 g/mol. The maximum Gasteiger partial charge on any atom is 0.342 e. The van der Waals surface area contributed by atoms with Gasteiger partial charge in [-0.05, 0) is 47.9 Å². The van der Waals surface area contributed by atoms with Gasteiger partial charge in [0.2, 0.25) is 0 Å². The third kappa shape index (κ3) is 9.79. The SMILES string of the molecule is CSc1nc(Cl)c(C(=O)O)c(NCc2ccc(Cl)cc2Cl)n1.CSc1nc(Cl)c(C(N)=O)c(NCc2ccc(Cl)cc2Cl)n1. The number of anilines is 2. The molecule has 4 rings (SSSR count). The van der Waals surface area contributed by atoms with E-state index in [1.54, 1.807) is 48.9 Å². The Bertz CT molecular complexity index is 1580. The number of rotatable bonds is 10. The number of carbonyl (C=O) groups is 2. The minimum Gasteiger partial charge on any atom is -0.477 e. The average Bonchev–Trinajstić information content (AvgIpc) is 2.95. The van der Waals surface area contributed by atoms with Gasteiger partial charge >= 0.3 is 5.97 Å². The van der Waals surface area contributed by atoms with E-state index >= 15 is 0 Å². The second kappa shape index (κ2) is 16.8. The third-order valence-electron chi connectivity index (χ3n) is 5.44. The van der Waals surface area contributed by atoms with Crippen molar-refractivity contribution in [3.63, 3.8) is 0 Å². The van der Waals surface area contributed by atoms with Crippen LogP contribution in [0.25, 0.3) is 0 Å². The number of carboxylic acids is 1. The van der Waals surface area contributed by atoms with E-state index in [2.05, 4.69) is 30.6 Å². The summed E-state index contributed by atoms with van der Waals surface area (Å²) in [6, 6.07) is 10.2. The van der Waals surface area contributed by atoms with Crippen LogP contribution in [-0.2, 0) is 13.1 Å². The van der Waals surface area contributed by atoms with Crippen molar-refractivity contribution < 1.29 is 14.7 Å². The summed E-state index contributed by atoms with van der Waals surface area (Å²) in [6.45, 7) is 0.606. The van der Waals surface area contributed by atoms with Crippen molar-refractivity contribution in [2.24, 2.45) is 5.73 Å². The van der Waals surface area contributed by atoms with Crippen molar-refractivity contribution in [3.05, 3.63) is 89.0 Å². The highest BCUT2D eigenvalue weighted by molar-refractivity contribution is 7.98. The zero-order valence-corrected chi connectivity index (χ0v) is 28.8. The number of carbonyl (C=O) groups excluding carboxylic acids is 1. The summed E-state index contributed by atoms with van der Waals surface area (Å²) in [5, 5.41) is 17.9. The lowest BCUT2D eigenvalue weighted by Gasteiger charge is -2.12. The summed E-state index contributed by atoms with van der Waals surface area (Å²) >= 11 is 38.4. The lowest BCUT2D eigenvalue weighted by Crippen LogP contribution is -2.17. The van der Waals surface area contributed by atoms with Crippen LogP contribution in [0.5, 0.6) is 0 Å². The maximum atomic E-state index is 11.5. The van der Waals surface area contributed by atoms with Crippen LogP contribution in [0.3, 0.4) is 0 Å². The Kier molecular flexibility index (Phi) is 13.7. The number of halogens is 6. The molecule has 2 aromatic carbocycles. The second-order valence-corrected chi connectivity index (χ2v) is 12.2. The molecule has 0 radical (unpaired) electrons. The summed E-state index contributed by atoms with van der Waals surface area (Å²) in [6.07, 6.45) is 3.57. The summed E-state index contributed by atoms with van der Waals surface area (Å²) in [5.41, 5.74) is 6.75.